The van der Waals surface area contributed by atoms with Crippen LogP contribution in [0.3, 0.4) is 0 Å². The van der Waals surface area contributed by atoms with Gasteiger partial charge in [-0.3, -0.25) is 14.3 Å². The fourth-order valence-electron chi connectivity index (χ4n) is 2.48. The third kappa shape index (κ3) is 4.55. The van der Waals surface area contributed by atoms with Gasteiger partial charge in [0.2, 0.25) is 5.91 Å². The van der Waals surface area contributed by atoms with E-state index in [1.807, 2.05) is 0 Å². The van der Waals surface area contributed by atoms with Gasteiger partial charge in [0.15, 0.2) is 5.82 Å². The Morgan fingerprint density at radius 1 is 1.04 bits per heavy atom. The molecule has 3 rings (SSSR count). The van der Waals surface area contributed by atoms with Gasteiger partial charge in [0.25, 0.3) is 5.91 Å². The van der Waals surface area contributed by atoms with Crippen molar-refractivity contribution in [1.29, 1.82) is 0 Å². The maximum absolute atomic E-state index is 14.4. The second-order valence-electron chi connectivity index (χ2n) is 5.84. The number of primary amides is 1. The first kappa shape index (κ1) is 18.2. The fraction of sp³-hybridized carbons (Fsp3) is 0.105. The summed E-state index contributed by atoms with van der Waals surface area (Å²) in [7, 11) is 0. The molecule has 0 aliphatic rings. The zero-order chi connectivity index (χ0) is 19.4. The quantitative estimate of drug-likeness (QED) is 0.699. The number of amides is 2. The Labute approximate surface area is 153 Å². The molecule has 0 unspecified atom stereocenters. The van der Waals surface area contributed by atoms with E-state index in [-0.39, 0.29) is 30.2 Å². The Morgan fingerprint density at radius 3 is 2.41 bits per heavy atom. The molecule has 3 aromatic rings. The minimum Gasteiger partial charge on any atom is -0.370 e. The molecule has 3 N–H and O–H groups in total. The number of halogens is 2. The van der Waals surface area contributed by atoms with E-state index in [4.69, 9.17) is 5.73 Å². The monoisotopic (exact) mass is 370 g/mol. The molecule has 0 aliphatic heterocycles. The molecule has 1 heterocycles. The summed E-state index contributed by atoms with van der Waals surface area (Å²) < 4.78 is 28.8. The van der Waals surface area contributed by atoms with Crippen LogP contribution in [0.1, 0.15) is 16.8 Å². The lowest BCUT2D eigenvalue weighted by atomic mass is 10.0. The summed E-state index contributed by atoms with van der Waals surface area (Å²) in [6.07, 6.45) is 1.70. The van der Waals surface area contributed by atoms with Crippen molar-refractivity contribution in [2.75, 3.05) is 5.32 Å². The number of aromatic nitrogens is 2. The third-order valence-corrected chi connectivity index (χ3v) is 3.86. The van der Waals surface area contributed by atoms with Crippen LogP contribution in [0.2, 0.25) is 0 Å². The van der Waals surface area contributed by atoms with Gasteiger partial charge >= 0.3 is 0 Å². The first-order chi connectivity index (χ1) is 12.9. The minimum atomic E-state index is -0.706. The maximum Gasteiger partial charge on any atom is 0.259 e. The highest BCUT2D eigenvalue weighted by Gasteiger charge is 2.14. The highest BCUT2D eigenvalue weighted by atomic mass is 19.1. The Bertz CT molecular complexity index is 984. The first-order valence-corrected chi connectivity index (χ1v) is 8.11. The van der Waals surface area contributed by atoms with E-state index in [1.54, 1.807) is 12.3 Å². The summed E-state index contributed by atoms with van der Waals surface area (Å²) in [5.74, 6) is -1.97. The van der Waals surface area contributed by atoms with Crippen molar-refractivity contribution in [3.63, 3.8) is 0 Å². The third-order valence-electron chi connectivity index (χ3n) is 3.86. The topological polar surface area (TPSA) is 90.0 Å². The molecule has 2 amide bonds. The van der Waals surface area contributed by atoms with Gasteiger partial charge in [0.1, 0.15) is 11.6 Å². The SMILES string of the molecule is NC(=O)CCn1ccc(NC(=O)c2ccc(-c3ccc(F)cc3)cc2F)n1. The lowest BCUT2D eigenvalue weighted by molar-refractivity contribution is -0.118. The standard InChI is InChI=1S/C19H16F2N4O2/c20-14-4-1-12(2-5-14)13-3-6-15(16(21)11-13)19(27)23-18-8-10-25(24-18)9-7-17(22)26/h1-6,8,10-11H,7,9H2,(H2,22,26)(H,23,24,27). The Kier molecular flexibility index (Phi) is 5.25. The van der Waals surface area contributed by atoms with Gasteiger partial charge in [-0.25, -0.2) is 8.78 Å². The average Bonchev–Trinajstić information content (AvgIpc) is 3.07. The number of hydrogen-bond donors (Lipinski definition) is 2. The average molecular weight is 370 g/mol. The van der Waals surface area contributed by atoms with Gasteiger partial charge in [-0.15, -0.1) is 0 Å². The lowest BCUT2D eigenvalue weighted by Gasteiger charge is -2.07. The number of benzene rings is 2. The smallest absolute Gasteiger partial charge is 0.259 e. The summed E-state index contributed by atoms with van der Waals surface area (Å²) in [6.45, 7) is 0.284. The number of nitrogens with one attached hydrogen (secondary N) is 1. The van der Waals surface area contributed by atoms with Crippen molar-refractivity contribution in [2.24, 2.45) is 5.73 Å². The van der Waals surface area contributed by atoms with Crippen LogP contribution in [0.5, 0.6) is 0 Å². The number of aryl methyl sites for hydroxylation is 1. The molecule has 138 valence electrons. The normalized spacial score (nSPS) is 10.6. The second kappa shape index (κ2) is 7.77. The van der Waals surface area contributed by atoms with Gasteiger partial charge in [0, 0.05) is 25.2 Å². The predicted molar refractivity (Wildman–Crippen MR) is 95.8 cm³/mol. The van der Waals surface area contributed by atoms with E-state index in [2.05, 4.69) is 10.4 Å². The molecule has 0 aliphatic carbocycles. The molecule has 0 atom stereocenters. The molecule has 0 spiro atoms. The van der Waals surface area contributed by atoms with Gasteiger partial charge in [-0.1, -0.05) is 18.2 Å². The number of rotatable bonds is 6. The van der Waals surface area contributed by atoms with E-state index >= 15 is 0 Å². The van der Waals surface area contributed by atoms with Crippen molar-refractivity contribution in [1.82, 2.24) is 9.78 Å². The Balaban J connectivity index is 1.71. The molecular formula is C19H16F2N4O2. The Morgan fingerprint density at radius 2 is 1.74 bits per heavy atom. The highest BCUT2D eigenvalue weighted by molar-refractivity contribution is 6.04. The van der Waals surface area contributed by atoms with Gasteiger partial charge < -0.3 is 11.1 Å². The second-order valence-corrected chi connectivity index (χ2v) is 5.84. The van der Waals surface area contributed by atoms with Crippen molar-refractivity contribution in [3.8, 4) is 11.1 Å². The van der Waals surface area contributed by atoms with Crippen LogP contribution in [0.25, 0.3) is 11.1 Å². The molecule has 0 saturated heterocycles. The number of nitrogens with zero attached hydrogens (tertiary/aromatic N) is 2. The van der Waals surface area contributed by atoms with E-state index in [0.29, 0.717) is 11.1 Å². The molecule has 1 aromatic heterocycles. The van der Waals surface area contributed by atoms with Crippen molar-refractivity contribution in [3.05, 3.63) is 71.9 Å². The fourth-order valence-corrected chi connectivity index (χ4v) is 2.48. The molecule has 0 fully saturated rings. The van der Waals surface area contributed by atoms with Crippen LogP contribution in [0.4, 0.5) is 14.6 Å². The summed E-state index contributed by atoms with van der Waals surface area (Å²) in [4.78, 5) is 23.1. The number of carbonyl (C=O) groups is 2. The van der Waals surface area contributed by atoms with Crippen molar-refractivity contribution >= 4 is 17.6 Å². The molecule has 0 radical (unpaired) electrons. The summed E-state index contributed by atoms with van der Waals surface area (Å²) in [5, 5.41) is 6.57. The molecule has 2 aromatic carbocycles. The lowest BCUT2D eigenvalue weighted by Crippen LogP contribution is -2.16. The first-order valence-electron chi connectivity index (χ1n) is 8.11. The number of nitrogens with two attached hydrogens (primary N) is 1. The molecule has 8 heteroatoms. The molecule has 6 nitrogen and oxygen atoms in total. The Hall–Kier alpha value is -3.55. The van der Waals surface area contributed by atoms with Crippen molar-refractivity contribution in [2.45, 2.75) is 13.0 Å². The van der Waals surface area contributed by atoms with E-state index < -0.39 is 17.6 Å². The van der Waals surface area contributed by atoms with Crippen LogP contribution in [0.15, 0.2) is 54.7 Å². The van der Waals surface area contributed by atoms with Gasteiger partial charge in [-0.05, 0) is 35.4 Å². The van der Waals surface area contributed by atoms with E-state index in [1.165, 1.54) is 47.1 Å². The zero-order valence-electron chi connectivity index (χ0n) is 14.2. The zero-order valence-corrected chi connectivity index (χ0v) is 14.2. The van der Waals surface area contributed by atoms with Crippen LogP contribution < -0.4 is 11.1 Å². The molecule has 27 heavy (non-hydrogen) atoms. The summed E-state index contributed by atoms with van der Waals surface area (Å²) in [6, 6.07) is 11.3. The van der Waals surface area contributed by atoms with Gasteiger partial charge in [-0.2, -0.15) is 5.10 Å². The molecule has 0 bridgehead atoms. The predicted octanol–water partition coefficient (Wildman–Crippen LogP) is 2.96. The number of anilines is 1. The van der Waals surface area contributed by atoms with Crippen LogP contribution in [0, 0.1) is 11.6 Å². The molecular weight excluding hydrogens is 354 g/mol. The van der Waals surface area contributed by atoms with Crippen molar-refractivity contribution < 1.29 is 18.4 Å². The highest BCUT2D eigenvalue weighted by Crippen LogP contribution is 2.23. The summed E-state index contributed by atoms with van der Waals surface area (Å²) >= 11 is 0. The van der Waals surface area contributed by atoms with E-state index in [9.17, 15) is 18.4 Å². The largest absolute Gasteiger partial charge is 0.370 e. The minimum absolute atomic E-state index is 0.120. The van der Waals surface area contributed by atoms with E-state index in [0.717, 1.165) is 0 Å². The number of carbonyl (C=O) groups excluding carboxylic acids is 2. The van der Waals surface area contributed by atoms with Crippen LogP contribution in [-0.4, -0.2) is 21.6 Å². The molecule has 0 saturated carbocycles. The van der Waals surface area contributed by atoms with Crippen LogP contribution >= 0.6 is 0 Å². The summed E-state index contributed by atoms with van der Waals surface area (Å²) in [5.41, 5.74) is 6.09. The number of hydrogen-bond acceptors (Lipinski definition) is 3. The van der Waals surface area contributed by atoms with Crippen LogP contribution in [-0.2, 0) is 11.3 Å². The van der Waals surface area contributed by atoms with Gasteiger partial charge in [0.05, 0.1) is 5.56 Å². The maximum atomic E-state index is 14.4.